The third kappa shape index (κ3) is 7.08. The Morgan fingerprint density at radius 3 is 2.21 bits per heavy atom. The molecular weight excluding hydrogens is 474 g/mol. The summed E-state index contributed by atoms with van der Waals surface area (Å²) in [6, 6.07) is 17.9. The SMILES string of the molecule is Cc1cccc(-c2nccc(Nc3ccnc(Nc4ccc(CN5CCN(CC(C)C)CC5)cc4)n3)n2)n1. The quantitative estimate of drug-likeness (QED) is 0.327. The smallest absolute Gasteiger partial charge is 0.229 e. The average Bonchev–Trinajstić information content (AvgIpc) is 2.91. The van der Waals surface area contributed by atoms with Crippen LogP contribution in [0.2, 0.25) is 0 Å². The highest BCUT2D eigenvalue weighted by Gasteiger charge is 2.17. The van der Waals surface area contributed by atoms with Crippen LogP contribution in [0.15, 0.2) is 67.0 Å². The van der Waals surface area contributed by atoms with Crippen molar-refractivity contribution in [1.29, 1.82) is 0 Å². The second-order valence-electron chi connectivity index (χ2n) is 10.1. The second kappa shape index (κ2) is 12.1. The average molecular weight is 510 g/mol. The Morgan fingerprint density at radius 2 is 1.47 bits per heavy atom. The van der Waals surface area contributed by atoms with Crippen LogP contribution in [0, 0.1) is 12.8 Å². The van der Waals surface area contributed by atoms with Crippen LogP contribution in [0.4, 0.5) is 23.3 Å². The maximum Gasteiger partial charge on any atom is 0.229 e. The van der Waals surface area contributed by atoms with Gasteiger partial charge in [-0.3, -0.25) is 4.90 Å². The maximum absolute atomic E-state index is 4.60. The lowest BCUT2D eigenvalue weighted by Gasteiger charge is -2.35. The zero-order valence-corrected chi connectivity index (χ0v) is 22.3. The first-order chi connectivity index (χ1) is 18.5. The van der Waals surface area contributed by atoms with Crippen molar-refractivity contribution < 1.29 is 0 Å². The van der Waals surface area contributed by atoms with Gasteiger partial charge in [0.25, 0.3) is 0 Å². The van der Waals surface area contributed by atoms with Crippen LogP contribution in [0.25, 0.3) is 11.5 Å². The summed E-state index contributed by atoms with van der Waals surface area (Å²) in [6.45, 7) is 13.2. The van der Waals surface area contributed by atoms with Gasteiger partial charge in [-0.1, -0.05) is 32.0 Å². The van der Waals surface area contributed by atoms with Crippen LogP contribution >= 0.6 is 0 Å². The number of piperazine rings is 1. The molecule has 38 heavy (non-hydrogen) atoms. The van der Waals surface area contributed by atoms with Crippen LogP contribution < -0.4 is 10.6 Å². The van der Waals surface area contributed by atoms with E-state index < -0.39 is 0 Å². The van der Waals surface area contributed by atoms with E-state index in [1.165, 1.54) is 12.1 Å². The Kier molecular flexibility index (Phi) is 8.15. The molecule has 9 nitrogen and oxygen atoms in total. The first-order valence-electron chi connectivity index (χ1n) is 13.2. The third-order valence-electron chi connectivity index (χ3n) is 6.39. The minimum Gasteiger partial charge on any atom is -0.325 e. The van der Waals surface area contributed by atoms with E-state index in [9.17, 15) is 0 Å². The standard InChI is InChI=1S/C29H35N9/c1-21(2)19-37-15-17-38(18-16-37)20-23-7-9-24(10-8-23)33-29-31-14-12-27(36-29)34-26-11-13-30-28(35-26)25-6-4-5-22(3)32-25/h4-14,21H,15-20H2,1-3H3,(H2,30,31,33,34,35,36). The van der Waals surface area contributed by atoms with E-state index in [1.54, 1.807) is 18.5 Å². The molecule has 1 saturated heterocycles. The summed E-state index contributed by atoms with van der Waals surface area (Å²) < 4.78 is 0. The molecule has 0 radical (unpaired) electrons. The number of hydrogen-bond acceptors (Lipinski definition) is 9. The highest BCUT2D eigenvalue weighted by atomic mass is 15.3. The molecule has 0 saturated carbocycles. The zero-order chi connectivity index (χ0) is 26.3. The molecule has 1 fully saturated rings. The number of aromatic nitrogens is 5. The Morgan fingerprint density at radius 1 is 0.763 bits per heavy atom. The molecule has 0 atom stereocenters. The fourth-order valence-electron chi connectivity index (χ4n) is 4.57. The predicted molar refractivity (Wildman–Crippen MR) is 152 cm³/mol. The third-order valence-corrected chi connectivity index (χ3v) is 6.39. The van der Waals surface area contributed by atoms with Gasteiger partial charge in [0.1, 0.15) is 17.3 Å². The molecule has 0 bridgehead atoms. The molecule has 5 rings (SSSR count). The maximum atomic E-state index is 4.60. The Balaban J connectivity index is 1.17. The second-order valence-corrected chi connectivity index (χ2v) is 10.1. The van der Waals surface area contributed by atoms with Crippen molar-refractivity contribution in [2.75, 3.05) is 43.4 Å². The molecule has 1 aliphatic rings. The largest absolute Gasteiger partial charge is 0.325 e. The van der Waals surface area contributed by atoms with Crippen molar-refractivity contribution in [2.45, 2.75) is 27.3 Å². The van der Waals surface area contributed by atoms with Crippen LogP contribution in [0.1, 0.15) is 25.1 Å². The molecular formula is C29H35N9. The van der Waals surface area contributed by atoms with E-state index in [4.69, 9.17) is 0 Å². The summed E-state index contributed by atoms with van der Waals surface area (Å²) >= 11 is 0. The molecule has 1 aliphatic heterocycles. The molecule has 4 aromatic rings. The lowest BCUT2D eigenvalue weighted by Crippen LogP contribution is -2.46. The van der Waals surface area contributed by atoms with Gasteiger partial charge in [-0.25, -0.2) is 19.9 Å². The van der Waals surface area contributed by atoms with E-state index in [1.807, 2.05) is 31.2 Å². The molecule has 0 amide bonds. The van der Waals surface area contributed by atoms with Gasteiger partial charge in [0.05, 0.1) is 0 Å². The number of rotatable bonds is 9. The van der Waals surface area contributed by atoms with Gasteiger partial charge >= 0.3 is 0 Å². The van der Waals surface area contributed by atoms with Crippen LogP contribution in [0.3, 0.4) is 0 Å². The molecule has 0 aliphatic carbocycles. The minimum atomic E-state index is 0.513. The molecule has 0 unspecified atom stereocenters. The van der Waals surface area contributed by atoms with E-state index in [0.29, 0.717) is 23.4 Å². The molecule has 4 heterocycles. The Hall–Kier alpha value is -3.95. The summed E-state index contributed by atoms with van der Waals surface area (Å²) in [7, 11) is 0. The highest BCUT2D eigenvalue weighted by molar-refractivity contribution is 5.59. The molecule has 1 aromatic carbocycles. The van der Waals surface area contributed by atoms with Crippen molar-refractivity contribution in [2.24, 2.45) is 5.92 Å². The number of pyridine rings is 1. The molecule has 0 spiro atoms. The first-order valence-corrected chi connectivity index (χ1v) is 13.2. The van der Waals surface area contributed by atoms with Crippen molar-refractivity contribution in [3.63, 3.8) is 0 Å². The van der Waals surface area contributed by atoms with Crippen LogP contribution in [-0.4, -0.2) is 67.4 Å². The zero-order valence-electron chi connectivity index (χ0n) is 22.3. The topological polar surface area (TPSA) is 95.0 Å². The van der Waals surface area contributed by atoms with Gasteiger partial charge in [0.2, 0.25) is 5.95 Å². The first kappa shape index (κ1) is 25.7. The summed E-state index contributed by atoms with van der Waals surface area (Å²) in [5, 5.41) is 6.55. The van der Waals surface area contributed by atoms with Crippen LogP contribution in [-0.2, 0) is 6.54 Å². The summed E-state index contributed by atoms with van der Waals surface area (Å²) in [4.78, 5) is 27.5. The Labute approximate surface area is 224 Å². The fourth-order valence-corrected chi connectivity index (χ4v) is 4.57. The molecule has 9 heteroatoms. The van der Waals surface area contributed by atoms with Gasteiger partial charge in [-0.2, -0.15) is 4.98 Å². The number of anilines is 4. The van der Waals surface area contributed by atoms with E-state index in [2.05, 4.69) is 83.5 Å². The van der Waals surface area contributed by atoms with Gasteiger partial charge in [0, 0.05) is 63.0 Å². The summed E-state index contributed by atoms with van der Waals surface area (Å²) in [5.41, 5.74) is 3.91. The van der Waals surface area contributed by atoms with E-state index in [0.717, 1.165) is 55.7 Å². The molecule has 196 valence electrons. The van der Waals surface area contributed by atoms with Crippen molar-refractivity contribution in [3.8, 4) is 11.5 Å². The summed E-state index contributed by atoms with van der Waals surface area (Å²) in [6.07, 6.45) is 3.43. The molecule has 3 aromatic heterocycles. The molecule has 2 N–H and O–H groups in total. The number of benzene rings is 1. The fraction of sp³-hybridized carbons (Fsp3) is 0.345. The van der Waals surface area contributed by atoms with Crippen molar-refractivity contribution in [1.82, 2.24) is 34.7 Å². The predicted octanol–water partition coefficient (Wildman–Crippen LogP) is 4.90. The highest BCUT2D eigenvalue weighted by Crippen LogP contribution is 2.20. The lowest BCUT2D eigenvalue weighted by atomic mass is 10.1. The number of nitrogens with zero attached hydrogens (tertiary/aromatic N) is 7. The monoisotopic (exact) mass is 509 g/mol. The van der Waals surface area contributed by atoms with Gasteiger partial charge in [-0.15, -0.1) is 0 Å². The lowest BCUT2D eigenvalue weighted by molar-refractivity contribution is 0.117. The van der Waals surface area contributed by atoms with Crippen molar-refractivity contribution in [3.05, 3.63) is 78.2 Å². The van der Waals surface area contributed by atoms with E-state index in [-0.39, 0.29) is 0 Å². The van der Waals surface area contributed by atoms with Gasteiger partial charge < -0.3 is 15.5 Å². The van der Waals surface area contributed by atoms with Gasteiger partial charge in [0.15, 0.2) is 5.82 Å². The Bertz CT molecular complexity index is 1330. The minimum absolute atomic E-state index is 0.513. The normalized spacial score (nSPS) is 14.5. The van der Waals surface area contributed by atoms with Crippen LogP contribution in [0.5, 0.6) is 0 Å². The number of aryl methyl sites for hydroxylation is 1. The summed E-state index contributed by atoms with van der Waals surface area (Å²) in [5.74, 6) is 3.07. The van der Waals surface area contributed by atoms with E-state index >= 15 is 0 Å². The van der Waals surface area contributed by atoms with Crippen molar-refractivity contribution >= 4 is 23.3 Å². The van der Waals surface area contributed by atoms with Gasteiger partial charge in [-0.05, 0) is 54.8 Å². The number of hydrogen-bond donors (Lipinski definition) is 2. The number of nitrogens with one attached hydrogen (secondary N) is 2.